The Bertz CT molecular complexity index is 993. The first-order valence-electron chi connectivity index (χ1n) is 7.71. The molecule has 5 heteroatoms. The highest BCUT2D eigenvalue weighted by atomic mass is 32.1. The lowest BCUT2D eigenvalue weighted by atomic mass is 10.2. The first-order chi connectivity index (χ1) is 11.8. The Hall–Kier alpha value is -2.79. The molecule has 24 heavy (non-hydrogen) atoms. The third kappa shape index (κ3) is 2.86. The molecular formula is C19H16N4S. The molecule has 2 heterocycles. The number of fused-ring (bicyclic) bond motifs is 1. The number of hydrogen-bond donors (Lipinski definition) is 2. The van der Waals surface area contributed by atoms with Gasteiger partial charge < -0.3 is 5.32 Å². The molecule has 0 aliphatic carbocycles. The van der Waals surface area contributed by atoms with Crippen LogP contribution in [0.15, 0.2) is 78.0 Å². The minimum absolute atomic E-state index is 0.653. The minimum atomic E-state index is 0.653. The molecule has 118 valence electrons. The van der Waals surface area contributed by atoms with Crippen LogP contribution < -0.4 is 5.32 Å². The van der Waals surface area contributed by atoms with Gasteiger partial charge in [-0.05, 0) is 29.8 Å². The van der Waals surface area contributed by atoms with E-state index in [1.807, 2.05) is 47.2 Å². The monoisotopic (exact) mass is 332 g/mol. The van der Waals surface area contributed by atoms with Gasteiger partial charge in [0.15, 0.2) is 0 Å². The predicted octanol–water partition coefficient (Wildman–Crippen LogP) is 4.32. The van der Waals surface area contributed by atoms with Gasteiger partial charge in [-0.2, -0.15) is 4.98 Å². The SMILES string of the molecule is Sc1ccccc1CNc1ccnc(-n2ccc3ccccc32)n1. The topological polar surface area (TPSA) is 42.7 Å². The highest BCUT2D eigenvalue weighted by molar-refractivity contribution is 7.80. The summed E-state index contributed by atoms with van der Waals surface area (Å²) in [5, 5.41) is 4.51. The highest BCUT2D eigenvalue weighted by Gasteiger charge is 2.06. The number of para-hydroxylation sites is 1. The average molecular weight is 332 g/mol. The van der Waals surface area contributed by atoms with Crippen LogP contribution in [0.4, 0.5) is 5.82 Å². The van der Waals surface area contributed by atoms with Crippen molar-refractivity contribution in [2.24, 2.45) is 0 Å². The molecule has 4 aromatic rings. The molecule has 0 spiro atoms. The van der Waals surface area contributed by atoms with E-state index in [2.05, 4.69) is 52.2 Å². The first-order valence-corrected chi connectivity index (χ1v) is 8.16. The Morgan fingerprint density at radius 3 is 2.71 bits per heavy atom. The Kier molecular flexibility index (Phi) is 3.92. The van der Waals surface area contributed by atoms with Crippen LogP contribution in [0.25, 0.3) is 16.9 Å². The second-order valence-corrected chi connectivity index (χ2v) is 5.95. The number of benzene rings is 2. The van der Waals surface area contributed by atoms with Crippen molar-refractivity contribution in [1.82, 2.24) is 14.5 Å². The van der Waals surface area contributed by atoms with Gasteiger partial charge in [0.05, 0.1) is 5.52 Å². The second kappa shape index (κ2) is 6.37. The summed E-state index contributed by atoms with van der Waals surface area (Å²) in [5.41, 5.74) is 2.22. The van der Waals surface area contributed by atoms with Gasteiger partial charge in [-0.3, -0.25) is 4.57 Å². The van der Waals surface area contributed by atoms with Gasteiger partial charge in [0.2, 0.25) is 5.95 Å². The fourth-order valence-corrected chi connectivity index (χ4v) is 2.91. The lowest BCUT2D eigenvalue weighted by Crippen LogP contribution is -2.06. The van der Waals surface area contributed by atoms with E-state index in [0.717, 1.165) is 21.8 Å². The van der Waals surface area contributed by atoms with Crippen LogP contribution in [0.3, 0.4) is 0 Å². The van der Waals surface area contributed by atoms with Gasteiger partial charge in [0.25, 0.3) is 0 Å². The number of nitrogens with zero attached hydrogens (tertiary/aromatic N) is 3. The van der Waals surface area contributed by atoms with Crippen LogP contribution in [-0.2, 0) is 6.54 Å². The normalized spacial score (nSPS) is 10.9. The maximum atomic E-state index is 4.63. The smallest absolute Gasteiger partial charge is 0.236 e. The van der Waals surface area contributed by atoms with Crippen LogP contribution >= 0.6 is 12.6 Å². The lowest BCUT2D eigenvalue weighted by molar-refractivity contribution is 0.951. The molecule has 0 saturated carbocycles. The molecular weight excluding hydrogens is 316 g/mol. The van der Waals surface area contributed by atoms with Crippen molar-refractivity contribution in [1.29, 1.82) is 0 Å². The van der Waals surface area contributed by atoms with E-state index in [4.69, 9.17) is 0 Å². The molecule has 1 N–H and O–H groups in total. The molecule has 4 nitrogen and oxygen atoms in total. The van der Waals surface area contributed by atoms with E-state index >= 15 is 0 Å². The van der Waals surface area contributed by atoms with Crippen LogP contribution in [0.5, 0.6) is 0 Å². The fourth-order valence-electron chi connectivity index (χ4n) is 2.67. The van der Waals surface area contributed by atoms with Crippen LogP contribution in [0.1, 0.15) is 5.56 Å². The van der Waals surface area contributed by atoms with E-state index in [1.54, 1.807) is 6.20 Å². The number of hydrogen-bond acceptors (Lipinski definition) is 4. The third-order valence-electron chi connectivity index (χ3n) is 3.91. The van der Waals surface area contributed by atoms with Gasteiger partial charge in [-0.25, -0.2) is 4.98 Å². The number of anilines is 1. The first kappa shape index (κ1) is 14.8. The van der Waals surface area contributed by atoms with Crippen molar-refractivity contribution in [3.63, 3.8) is 0 Å². The molecule has 0 fully saturated rings. The number of aromatic nitrogens is 3. The molecule has 0 aliphatic heterocycles. The summed E-state index contributed by atoms with van der Waals surface area (Å²) in [4.78, 5) is 10.00. The molecule has 4 rings (SSSR count). The molecule has 0 amide bonds. The summed E-state index contributed by atoms with van der Waals surface area (Å²) >= 11 is 4.48. The van der Waals surface area contributed by atoms with Gasteiger partial charge in [0.1, 0.15) is 5.82 Å². The van der Waals surface area contributed by atoms with Crippen LogP contribution in [-0.4, -0.2) is 14.5 Å². The molecule has 2 aromatic carbocycles. The van der Waals surface area contributed by atoms with Crippen molar-refractivity contribution in [3.8, 4) is 5.95 Å². The summed E-state index contributed by atoms with van der Waals surface area (Å²) in [7, 11) is 0. The molecule has 0 atom stereocenters. The predicted molar refractivity (Wildman–Crippen MR) is 99.9 cm³/mol. The summed E-state index contributed by atoms with van der Waals surface area (Å²) in [6.45, 7) is 0.669. The minimum Gasteiger partial charge on any atom is -0.366 e. The Morgan fingerprint density at radius 1 is 0.958 bits per heavy atom. The maximum absolute atomic E-state index is 4.63. The zero-order valence-corrected chi connectivity index (χ0v) is 13.8. The molecule has 0 bridgehead atoms. The number of nitrogens with one attached hydrogen (secondary N) is 1. The van der Waals surface area contributed by atoms with Crippen LogP contribution in [0, 0.1) is 0 Å². The summed E-state index contributed by atoms with van der Waals surface area (Å²) in [5.74, 6) is 1.44. The molecule has 0 unspecified atom stereocenters. The van der Waals surface area contributed by atoms with Crippen molar-refractivity contribution in [2.75, 3.05) is 5.32 Å². The van der Waals surface area contributed by atoms with E-state index < -0.39 is 0 Å². The van der Waals surface area contributed by atoms with E-state index in [1.165, 1.54) is 5.39 Å². The standard InChI is InChI=1S/C19H16N4S/c24-17-8-4-2-6-15(17)13-21-18-9-11-20-19(22-18)23-12-10-14-5-1-3-7-16(14)23/h1-12,24H,13H2,(H,20,21,22). The Balaban J connectivity index is 1.61. The number of rotatable bonds is 4. The van der Waals surface area contributed by atoms with Gasteiger partial charge in [-0.15, -0.1) is 12.6 Å². The van der Waals surface area contributed by atoms with E-state index in [0.29, 0.717) is 12.5 Å². The van der Waals surface area contributed by atoms with Crippen molar-refractivity contribution >= 4 is 29.3 Å². The van der Waals surface area contributed by atoms with Crippen molar-refractivity contribution in [3.05, 3.63) is 78.6 Å². The average Bonchev–Trinajstić information content (AvgIpc) is 3.05. The molecule has 0 aliphatic rings. The number of thiol groups is 1. The lowest BCUT2D eigenvalue weighted by Gasteiger charge is -2.09. The van der Waals surface area contributed by atoms with Gasteiger partial charge in [0, 0.05) is 29.2 Å². The summed E-state index contributed by atoms with van der Waals surface area (Å²) in [6.07, 6.45) is 3.76. The highest BCUT2D eigenvalue weighted by Crippen LogP contribution is 2.19. The molecule has 0 radical (unpaired) electrons. The second-order valence-electron chi connectivity index (χ2n) is 5.47. The van der Waals surface area contributed by atoms with Crippen LogP contribution in [0.2, 0.25) is 0 Å². The van der Waals surface area contributed by atoms with Gasteiger partial charge in [-0.1, -0.05) is 36.4 Å². The zero-order valence-electron chi connectivity index (χ0n) is 12.9. The Morgan fingerprint density at radius 2 is 1.79 bits per heavy atom. The Labute approximate surface area is 145 Å². The third-order valence-corrected chi connectivity index (χ3v) is 4.35. The maximum Gasteiger partial charge on any atom is 0.236 e. The molecule has 2 aromatic heterocycles. The fraction of sp³-hybridized carbons (Fsp3) is 0.0526. The van der Waals surface area contributed by atoms with E-state index in [9.17, 15) is 0 Å². The van der Waals surface area contributed by atoms with Gasteiger partial charge >= 0.3 is 0 Å². The van der Waals surface area contributed by atoms with Crippen molar-refractivity contribution in [2.45, 2.75) is 11.4 Å². The quantitative estimate of drug-likeness (QED) is 0.547. The summed E-state index contributed by atoms with van der Waals surface area (Å²) < 4.78 is 1.99. The van der Waals surface area contributed by atoms with E-state index in [-0.39, 0.29) is 0 Å². The van der Waals surface area contributed by atoms with Crippen molar-refractivity contribution < 1.29 is 0 Å². The molecule has 0 saturated heterocycles. The summed E-state index contributed by atoms with van der Waals surface area (Å²) in [6, 6.07) is 20.2. The zero-order chi connectivity index (χ0) is 16.4. The largest absolute Gasteiger partial charge is 0.366 e.